The van der Waals surface area contributed by atoms with Crippen molar-refractivity contribution in [2.75, 3.05) is 5.32 Å². The lowest BCUT2D eigenvalue weighted by molar-refractivity contribution is 0.0692. The fourth-order valence-corrected chi connectivity index (χ4v) is 2.78. The van der Waals surface area contributed by atoms with Crippen molar-refractivity contribution >= 4 is 17.6 Å². The van der Waals surface area contributed by atoms with E-state index in [4.69, 9.17) is 0 Å². The van der Waals surface area contributed by atoms with Crippen LogP contribution in [-0.2, 0) is 6.42 Å². The Kier molecular flexibility index (Phi) is 5.13. The molecule has 4 nitrogen and oxygen atoms in total. The molecule has 1 amide bonds. The minimum Gasteiger partial charge on any atom is -0.478 e. The van der Waals surface area contributed by atoms with E-state index in [1.807, 2.05) is 30.3 Å². The highest BCUT2D eigenvalue weighted by molar-refractivity contribution is 6.10. The van der Waals surface area contributed by atoms with E-state index in [1.54, 1.807) is 12.1 Å². The van der Waals surface area contributed by atoms with Crippen molar-refractivity contribution in [3.8, 4) is 11.1 Å². The predicted octanol–water partition coefficient (Wildman–Crippen LogP) is 4.87. The molecule has 0 unspecified atom stereocenters. The van der Waals surface area contributed by atoms with Gasteiger partial charge in [-0.05, 0) is 47.4 Å². The van der Waals surface area contributed by atoms with Crippen LogP contribution in [0.3, 0.4) is 0 Å². The molecular weight excluding hydrogens is 326 g/mol. The summed E-state index contributed by atoms with van der Waals surface area (Å²) in [6, 6.07) is 22.0. The number of carboxylic acid groups (broad SMARTS) is 1. The first-order valence-corrected chi connectivity index (χ1v) is 8.41. The van der Waals surface area contributed by atoms with Crippen LogP contribution >= 0.6 is 0 Å². The van der Waals surface area contributed by atoms with Crippen LogP contribution in [0, 0.1) is 0 Å². The Morgan fingerprint density at radius 1 is 0.846 bits per heavy atom. The molecule has 0 fully saturated rings. The summed E-state index contributed by atoms with van der Waals surface area (Å²) in [7, 11) is 0. The fourth-order valence-electron chi connectivity index (χ4n) is 2.78. The van der Waals surface area contributed by atoms with Gasteiger partial charge in [-0.3, -0.25) is 4.79 Å². The van der Waals surface area contributed by atoms with Gasteiger partial charge in [-0.2, -0.15) is 0 Å². The molecule has 0 aliphatic carbocycles. The third-order valence-electron chi connectivity index (χ3n) is 4.21. The third-order valence-corrected chi connectivity index (χ3v) is 4.21. The number of aromatic carboxylic acids is 1. The Balaban J connectivity index is 1.79. The third kappa shape index (κ3) is 3.81. The molecule has 3 aromatic carbocycles. The zero-order valence-corrected chi connectivity index (χ0v) is 14.4. The van der Waals surface area contributed by atoms with Crippen LogP contribution < -0.4 is 5.32 Å². The molecule has 3 aromatic rings. The van der Waals surface area contributed by atoms with Crippen molar-refractivity contribution in [1.29, 1.82) is 0 Å². The molecular formula is C22H19NO3. The second-order valence-electron chi connectivity index (χ2n) is 5.94. The van der Waals surface area contributed by atoms with Crippen molar-refractivity contribution < 1.29 is 14.7 Å². The summed E-state index contributed by atoms with van der Waals surface area (Å²) in [6.45, 7) is 2.12. The van der Waals surface area contributed by atoms with E-state index in [0.29, 0.717) is 5.69 Å². The monoisotopic (exact) mass is 345 g/mol. The summed E-state index contributed by atoms with van der Waals surface area (Å²) in [6.07, 6.45) is 0.977. The van der Waals surface area contributed by atoms with Gasteiger partial charge < -0.3 is 10.4 Å². The largest absolute Gasteiger partial charge is 0.478 e. The maximum absolute atomic E-state index is 12.4. The highest BCUT2D eigenvalue weighted by Gasteiger charge is 2.15. The molecule has 0 saturated carbocycles. The van der Waals surface area contributed by atoms with Crippen LogP contribution in [0.15, 0.2) is 72.8 Å². The number of hydrogen-bond donors (Lipinski definition) is 2. The number of carbonyl (C=O) groups is 2. The van der Waals surface area contributed by atoms with Crippen molar-refractivity contribution in [2.24, 2.45) is 0 Å². The van der Waals surface area contributed by atoms with Crippen LogP contribution in [0.4, 0.5) is 5.69 Å². The zero-order chi connectivity index (χ0) is 18.5. The molecule has 4 heteroatoms. The van der Waals surface area contributed by atoms with Gasteiger partial charge in [-0.1, -0.05) is 55.5 Å². The summed E-state index contributed by atoms with van der Waals surface area (Å²) >= 11 is 0. The van der Waals surface area contributed by atoms with Gasteiger partial charge in [0.25, 0.3) is 5.91 Å². The average Bonchev–Trinajstić information content (AvgIpc) is 2.68. The molecule has 0 bridgehead atoms. The smallest absolute Gasteiger partial charge is 0.336 e. The van der Waals surface area contributed by atoms with E-state index in [0.717, 1.165) is 17.5 Å². The molecule has 3 rings (SSSR count). The number of aryl methyl sites for hydroxylation is 1. The number of benzene rings is 3. The Morgan fingerprint density at radius 3 is 2.19 bits per heavy atom. The van der Waals surface area contributed by atoms with Crippen LogP contribution in [0.2, 0.25) is 0 Å². The van der Waals surface area contributed by atoms with Crippen LogP contribution in [-0.4, -0.2) is 17.0 Å². The number of anilines is 1. The van der Waals surface area contributed by atoms with E-state index < -0.39 is 11.9 Å². The summed E-state index contributed by atoms with van der Waals surface area (Å²) in [5.41, 5.74) is 4.19. The molecule has 26 heavy (non-hydrogen) atoms. The van der Waals surface area contributed by atoms with Crippen molar-refractivity contribution in [3.05, 3.63) is 89.5 Å². The first-order chi connectivity index (χ1) is 12.6. The van der Waals surface area contributed by atoms with E-state index >= 15 is 0 Å². The predicted molar refractivity (Wildman–Crippen MR) is 103 cm³/mol. The number of carbonyl (C=O) groups excluding carboxylic acids is 1. The van der Waals surface area contributed by atoms with Crippen molar-refractivity contribution in [1.82, 2.24) is 0 Å². The molecule has 0 spiro atoms. The lowest BCUT2D eigenvalue weighted by atomic mass is 10.0. The standard InChI is InChI=1S/C22H19NO3/c1-2-15-6-5-7-17(14-15)16-10-12-18(13-11-16)23-21(24)19-8-3-4-9-20(19)22(25)26/h3-14H,2H2,1H3,(H,23,24)(H,25,26). The molecule has 0 saturated heterocycles. The molecule has 0 heterocycles. The summed E-state index contributed by atoms with van der Waals surface area (Å²) in [5, 5.41) is 12.0. The number of carboxylic acids is 1. The normalized spacial score (nSPS) is 10.3. The molecule has 130 valence electrons. The number of amides is 1. The maximum atomic E-state index is 12.4. The molecule has 2 N–H and O–H groups in total. The Hall–Kier alpha value is -3.40. The van der Waals surface area contributed by atoms with Crippen molar-refractivity contribution in [3.63, 3.8) is 0 Å². The topological polar surface area (TPSA) is 66.4 Å². The Labute approximate surface area is 152 Å². The first-order valence-electron chi connectivity index (χ1n) is 8.41. The molecule has 0 aromatic heterocycles. The molecule has 0 aliphatic rings. The average molecular weight is 345 g/mol. The Morgan fingerprint density at radius 2 is 1.54 bits per heavy atom. The number of hydrogen-bond acceptors (Lipinski definition) is 2. The van der Waals surface area contributed by atoms with Crippen molar-refractivity contribution in [2.45, 2.75) is 13.3 Å². The van der Waals surface area contributed by atoms with Crippen LogP contribution in [0.5, 0.6) is 0 Å². The molecule has 0 atom stereocenters. The van der Waals surface area contributed by atoms with Gasteiger partial charge >= 0.3 is 5.97 Å². The van der Waals surface area contributed by atoms with E-state index in [9.17, 15) is 14.7 Å². The highest BCUT2D eigenvalue weighted by Crippen LogP contribution is 2.23. The van der Waals surface area contributed by atoms with E-state index in [-0.39, 0.29) is 11.1 Å². The Bertz CT molecular complexity index is 946. The molecule has 0 radical (unpaired) electrons. The lowest BCUT2D eigenvalue weighted by Gasteiger charge is -2.09. The van der Waals surface area contributed by atoms with Gasteiger partial charge in [0.2, 0.25) is 0 Å². The number of nitrogens with one attached hydrogen (secondary N) is 1. The highest BCUT2D eigenvalue weighted by atomic mass is 16.4. The van der Waals surface area contributed by atoms with E-state index in [2.05, 4.69) is 30.4 Å². The SMILES string of the molecule is CCc1cccc(-c2ccc(NC(=O)c3ccccc3C(=O)O)cc2)c1. The minimum atomic E-state index is -1.12. The van der Waals surface area contributed by atoms with Gasteiger partial charge in [0, 0.05) is 5.69 Å². The zero-order valence-electron chi connectivity index (χ0n) is 14.4. The second-order valence-corrected chi connectivity index (χ2v) is 5.94. The lowest BCUT2D eigenvalue weighted by Crippen LogP contribution is -2.16. The van der Waals surface area contributed by atoms with Gasteiger partial charge in [-0.25, -0.2) is 4.79 Å². The fraction of sp³-hybridized carbons (Fsp3) is 0.0909. The summed E-state index contributed by atoms with van der Waals surface area (Å²) in [4.78, 5) is 23.7. The first kappa shape index (κ1) is 17.4. The van der Waals surface area contributed by atoms with E-state index in [1.165, 1.54) is 17.7 Å². The van der Waals surface area contributed by atoms with Gasteiger partial charge in [0.05, 0.1) is 11.1 Å². The molecule has 0 aliphatic heterocycles. The van der Waals surface area contributed by atoms with Crippen LogP contribution in [0.1, 0.15) is 33.2 Å². The summed E-state index contributed by atoms with van der Waals surface area (Å²) < 4.78 is 0. The minimum absolute atomic E-state index is 0.0157. The summed E-state index contributed by atoms with van der Waals surface area (Å²) in [5.74, 6) is -1.56. The van der Waals surface area contributed by atoms with Gasteiger partial charge in [-0.15, -0.1) is 0 Å². The second kappa shape index (κ2) is 7.66. The number of rotatable bonds is 5. The van der Waals surface area contributed by atoms with Gasteiger partial charge in [0.15, 0.2) is 0 Å². The maximum Gasteiger partial charge on any atom is 0.336 e. The van der Waals surface area contributed by atoms with Crippen LogP contribution in [0.25, 0.3) is 11.1 Å². The quantitative estimate of drug-likeness (QED) is 0.693. The van der Waals surface area contributed by atoms with Gasteiger partial charge in [0.1, 0.15) is 0 Å².